The number of nitrogens with zero attached hydrogens (tertiary/aromatic N) is 1. The summed E-state index contributed by atoms with van der Waals surface area (Å²) in [5, 5.41) is 7.89. The highest BCUT2D eigenvalue weighted by Crippen LogP contribution is 2.38. The third-order valence-electron chi connectivity index (χ3n) is 5.39. The molecule has 0 saturated carbocycles. The van der Waals surface area contributed by atoms with Crippen molar-refractivity contribution < 1.29 is 4.74 Å². The molecule has 1 fully saturated rings. The molecule has 0 bridgehead atoms. The molecule has 2 aliphatic rings. The zero-order valence-corrected chi connectivity index (χ0v) is 16.1. The van der Waals surface area contributed by atoms with Crippen molar-refractivity contribution in [2.24, 2.45) is 5.92 Å². The van der Waals surface area contributed by atoms with Crippen molar-refractivity contribution in [1.82, 2.24) is 4.90 Å². The molecule has 4 rings (SSSR count). The van der Waals surface area contributed by atoms with Gasteiger partial charge in [-0.05, 0) is 62.7 Å². The van der Waals surface area contributed by atoms with Crippen molar-refractivity contribution in [2.75, 3.05) is 25.0 Å². The highest BCUT2D eigenvalue weighted by Gasteiger charge is 2.32. The van der Waals surface area contributed by atoms with Gasteiger partial charge >= 0.3 is 0 Å². The van der Waals surface area contributed by atoms with Gasteiger partial charge in [-0.15, -0.1) is 0 Å². The Kier molecular flexibility index (Phi) is 4.74. The van der Waals surface area contributed by atoms with Crippen molar-refractivity contribution in [2.45, 2.75) is 45.3 Å². The van der Waals surface area contributed by atoms with Crippen molar-refractivity contribution in [3.8, 4) is 5.75 Å². The van der Waals surface area contributed by atoms with E-state index in [0.717, 1.165) is 31.2 Å². The average Bonchev–Trinajstić information content (AvgIpc) is 3.21. The Balaban J connectivity index is 1.30. The third kappa shape index (κ3) is 4.01. The second-order valence-corrected chi connectivity index (χ2v) is 8.84. The summed E-state index contributed by atoms with van der Waals surface area (Å²) in [5.41, 5.74) is 3.95. The summed E-state index contributed by atoms with van der Waals surface area (Å²) in [7, 11) is 0. The predicted molar refractivity (Wildman–Crippen MR) is 106 cm³/mol. The van der Waals surface area contributed by atoms with E-state index >= 15 is 0 Å². The van der Waals surface area contributed by atoms with Crippen LogP contribution in [-0.4, -0.2) is 30.1 Å². The van der Waals surface area contributed by atoms with E-state index in [1.165, 1.54) is 42.7 Å². The maximum Gasteiger partial charge on any atom is 0.127 e. The second-order valence-electron chi connectivity index (χ2n) is 8.06. The maximum atomic E-state index is 6.23. The van der Waals surface area contributed by atoms with Gasteiger partial charge in [0.25, 0.3) is 0 Å². The lowest BCUT2D eigenvalue weighted by molar-refractivity contribution is 0.133. The number of benzene rings is 1. The van der Waals surface area contributed by atoms with E-state index in [-0.39, 0.29) is 5.60 Å². The number of para-hydroxylation sites is 1. The van der Waals surface area contributed by atoms with Gasteiger partial charge in [-0.25, -0.2) is 0 Å². The third-order valence-corrected chi connectivity index (χ3v) is 6.07. The summed E-state index contributed by atoms with van der Waals surface area (Å²) in [6.45, 7) is 8.85. The lowest BCUT2D eigenvalue weighted by Gasteiger charge is -2.32. The molecule has 134 valence electrons. The number of anilines is 1. The Bertz CT molecular complexity index is 703. The lowest BCUT2D eigenvalue weighted by atomic mass is 9.96. The Hall–Kier alpha value is -1.52. The van der Waals surface area contributed by atoms with Gasteiger partial charge in [0.15, 0.2) is 0 Å². The van der Waals surface area contributed by atoms with Gasteiger partial charge in [0.1, 0.15) is 11.4 Å². The highest BCUT2D eigenvalue weighted by molar-refractivity contribution is 7.08. The fourth-order valence-electron chi connectivity index (χ4n) is 4.02. The molecule has 0 amide bonds. The summed E-state index contributed by atoms with van der Waals surface area (Å²) in [4.78, 5) is 2.59. The molecule has 1 saturated heterocycles. The van der Waals surface area contributed by atoms with Gasteiger partial charge in [-0.1, -0.05) is 18.2 Å². The number of fused-ring (bicyclic) bond motifs is 1. The van der Waals surface area contributed by atoms with Gasteiger partial charge in [-0.2, -0.15) is 11.3 Å². The van der Waals surface area contributed by atoms with E-state index in [2.05, 4.69) is 59.1 Å². The van der Waals surface area contributed by atoms with Crippen molar-refractivity contribution >= 4 is 17.0 Å². The standard InChI is InChI=1S/C21H28N2OS/c1-21(2)12-17-4-3-5-18(20(17)24-21)14-23-9-6-16(7-10-23)13-22-19-8-11-25-15-19/h3-5,8,11,15-16,22H,6-7,9-10,12-14H2,1-2H3. The zero-order chi connectivity index (χ0) is 17.3. The normalized spacial score (nSPS) is 20.2. The monoisotopic (exact) mass is 356 g/mol. The fraction of sp³-hybridized carbons (Fsp3) is 0.524. The molecule has 1 N–H and O–H groups in total. The van der Waals surface area contributed by atoms with Crippen LogP contribution in [-0.2, 0) is 13.0 Å². The van der Waals surface area contributed by atoms with E-state index in [4.69, 9.17) is 4.74 Å². The van der Waals surface area contributed by atoms with Crippen LogP contribution < -0.4 is 10.1 Å². The number of piperidine rings is 1. The van der Waals surface area contributed by atoms with Crippen LogP contribution >= 0.6 is 11.3 Å². The fourth-order valence-corrected chi connectivity index (χ4v) is 4.63. The number of likely N-dealkylation sites (tertiary alicyclic amines) is 1. The first kappa shape index (κ1) is 16.9. The first-order chi connectivity index (χ1) is 12.1. The quantitative estimate of drug-likeness (QED) is 0.834. The first-order valence-electron chi connectivity index (χ1n) is 9.37. The Morgan fingerprint density at radius 3 is 2.84 bits per heavy atom. The van der Waals surface area contributed by atoms with Crippen LogP contribution in [0.2, 0.25) is 0 Å². The molecule has 1 aromatic carbocycles. The van der Waals surface area contributed by atoms with Crippen molar-refractivity contribution in [1.29, 1.82) is 0 Å². The highest BCUT2D eigenvalue weighted by atomic mass is 32.1. The minimum absolute atomic E-state index is 0.0568. The molecule has 0 radical (unpaired) electrons. The molecular weight excluding hydrogens is 328 g/mol. The molecule has 2 aliphatic heterocycles. The van der Waals surface area contributed by atoms with Crippen LogP contribution in [0.3, 0.4) is 0 Å². The molecule has 2 aromatic rings. The maximum absolute atomic E-state index is 6.23. The number of ether oxygens (including phenoxy) is 1. The minimum atomic E-state index is -0.0568. The van der Waals surface area contributed by atoms with Crippen molar-refractivity contribution in [3.63, 3.8) is 0 Å². The molecule has 0 aliphatic carbocycles. The Morgan fingerprint density at radius 2 is 2.08 bits per heavy atom. The van der Waals surface area contributed by atoms with Crippen LogP contribution in [0.15, 0.2) is 35.0 Å². The molecule has 0 spiro atoms. The molecule has 1 aromatic heterocycles. The van der Waals surface area contributed by atoms with Gasteiger partial charge in [-0.3, -0.25) is 4.90 Å². The van der Waals surface area contributed by atoms with Crippen LogP contribution in [0, 0.1) is 5.92 Å². The number of hydrogen-bond acceptors (Lipinski definition) is 4. The summed E-state index contributed by atoms with van der Waals surface area (Å²) >= 11 is 1.75. The summed E-state index contributed by atoms with van der Waals surface area (Å²) in [5.74, 6) is 1.93. The van der Waals surface area contributed by atoms with Crippen LogP contribution in [0.5, 0.6) is 5.75 Å². The number of rotatable bonds is 5. The van der Waals surface area contributed by atoms with E-state index < -0.39 is 0 Å². The van der Waals surface area contributed by atoms with Gasteiger partial charge in [0, 0.05) is 36.1 Å². The zero-order valence-electron chi connectivity index (χ0n) is 15.3. The largest absolute Gasteiger partial charge is 0.487 e. The first-order valence-corrected chi connectivity index (χ1v) is 10.3. The molecule has 3 nitrogen and oxygen atoms in total. The van der Waals surface area contributed by atoms with E-state index in [9.17, 15) is 0 Å². The van der Waals surface area contributed by atoms with Gasteiger partial charge < -0.3 is 10.1 Å². The van der Waals surface area contributed by atoms with Gasteiger partial charge in [0.05, 0.1) is 0 Å². The van der Waals surface area contributed by atoms with Crippen LogP contribution in [0.4, 0.5) is 5.69 Å². The molecular formula is C21H28N2OS. The second kappa shape index (κ2) is 7.00. The van der Waals surface area contributed by atoms with Crippen LogP contribution in [0.25, 0.3) is 0 Å². The Labute approximate surface area is 155 Å². The molecule has 0 atom stereocenters. The average molecular weight is 357 g/mol. The SMILES string of the molecule is CC1(C)Cc2cccc(CN3CCC(CNc4ccsc4)CC3)c2O1. The van der Waals surface area contributed by atoms with Gasteiger partial charge in [0.2, 0.25) is 0 Å². The molecule has 4 heteroatoms. The summed E-state index contributed by atoms with van der Waals surface area (Å²) < 4.78 is 6.23. The molecule has 3 heterocycles. The lowest BCUT2D eigenvalue weighted by Crippen LogP contribution is -2.35. The van der Waals surface area contributed by atoms with E-state index in [1.807, 2.05) is 0 Å². The van der Waals surface area contributed by atoms with Crippen molar-refractivity contribution in [3.05, 3.63) is 46.2 Å². The topological polar surface area (TPSA) is 24.5 Å². The number of hydrogen-bond donors (Lipinski definition) is 1. The molecule has 0 unspecified atom stereocenters. The van der Waals surface area contributed by atoms with Crippen LogP contribution in [0.1, 0.15) is 37.8 Å². The predicted octanol–water partition coefficient (Wildman–Crippen LogP) is 4.79. The number of nitrogens with one attached hydrogen (secondary N) is 1. The minimum Gasteiger partial charge on any atom is -0.487 e. The summed E-state index contributed by atoms with van der Waals surface area (Å²) in [6, 6.07) is 8.81. The molecule has 25 heavy (non-hydrogen) atoms. The van der Waals surface area contributed by atoms with E-state index in [0.29, 0.717) is 0 Å². The number of thiophene rings is 1. The smallest absolute Gasteiger partial charge is 0.127 e. The van der Waals surface area contributed by atoms with E-state index in [1.54, 1.807) is 11.3 Å². The summed E-state index contributed by atoms with van der Waals surface area (Å²) in [6.07, 6.45) is 3.57. The Morgan fingerprint density at radius 1 is 1.24 bits per heavy atom.